The van der Waals surface area contributed by atoms with E-state index in [4.69, 9.17) is 9.90 Å². The van der Waals surface area contributed by atoms with E-state index in [0.717, 1.165) is 0 Å². The standard InChI is InChI=1S/C3F6.CH3NO2/c4-1(2(5)6)3(7,8)9;2-1(3)4/h;2H2,(H,3,4). The lowest BCUT2D eigenvalue weighted by atomic mass is 10.6. The van der Waals surface area contributed by atoms with Crippen LogP contribution in [0.2, 0.25) is 0 Å². The van der Waals surface area contributed by atoms with Gasteiger partial charge >= 0.3 is 18.4 Å². The summed E-state index contributed by atoms with van der Waals surface area (Å²) in [6.07, 6.45) is -10.2. The number of rotatable bonds is 0. The number of carbonyl (C=O) groups is 1. The third kappa shape index (κ3) is 10.6. The predicted molar refractivity (Wildman–Crippen MR) is 28.6 cm³/mol. The smallest absolute Gasteiger partial charge is 0.448 e. The zero-order chi connectivity index (χ0) is 11.2. The quantitative estimate of drug-likeness (QED) is 0.603. The van der Waals surface area contributed by atoms with E-state index in [-0.39, 0.29) is 0 Å². The van der Waals surface area contributed by atoms with Crippen LogP contribution in [0.3, 0.4) is 0 Å². The molecule has 9 heteroatoms. The van der Waals surface area contributed by atoms with Gasteiger partial charge in [-0.05, 0) is 0 Å². The van der Waals surface area contributed by atoms with Crippen molar-refractivity contribution in [3.05, 3.63) is 11.9 Å². The van der Waals surface area contributed by atoms with Gasteiger partial charge in [-0.3, -0.25) is 0 Å². The molecule has 0 aromatic heterocycles. The monoisotopic (exact) mass is 211 g/mol. The summed E-state index contributed by atoms with van der Waals surface area (Å²) in [5, 5.41) is 7.19. The summed E-state index contributed by atoms with van der Waals surface area (Å²) in [6.45, 7) is 0. The van der Waals surface area contributed by atoms with Crippen molar-refractivity contribution in [1.29, 1.82) is 0 Å². The Morgan fingerprint density at radius 3 is 1.38 bits per heavy atom. The zero-order valence-electron chi connectivity index (χ0n) is 5.70. The molecule has 0 saturated carbocycles. The molecule has 13 heavy (non-hydrogen) atoms. The normalized spacial score (nSPS) is 9.69. The number of halogens is 6. The largest absolute Gasteiger partial charge is 0.465 e. The highest BCUT2D eigenvalue weighted by atomic mass is 19.4. The van der Waals surface area contributed by atoms with Gasteiger partial charge in [-0.15, -0.1) is 0 Å². The molecule has 0 aliphatic carbocycles. The minimum Gasteiger partial charge on any atom is -0.465 e. The van der Waals surface area contributed by atoms with Gasteiger partial charge in [0.05, 0.1) is 0 Å². The van der Waals surface area contributed by atoms with E-state index in [1.165, 1.54) is 0 Å². The summed E-state index contributed by atoms with van der Waals surface area (Å²) in [5.41, 5.74) is 4.03. The number of hydrogen-bond donors (Lipinski definition) is 2. The van der Waals surface area contributed by atoms with Gasteiger partial charge in [-0.1, -0.05) is 0 Å². The minimum atomic E-state index is -5.56. The molecular formula is C4H3F6NO2. The highest BCUT2D eigenvalue weighted by Crippen LogP contribution is 2.29. The first-order chi connectivity index (χ1) is 5.59. The molecule has 0 aliphatic rings. The Morgan fingerprint density at radius 1 is 1.15 bits per heavy atom. The highest BCUT2D eigenvalue weighted by Gasteiger charge is 2.38. The lowest BCUT2D eigenvalue weighted by Gasteiger charge is -1.98. The molecule has 0 atom stereocenters. The molecule has 0 bridgehead atoms. The first-order valence-electron chi connectivity index (χ1n) is 2.35. The molecule has 3 nitrogen and oxygen atoms in total. The van der Waals surface area contributed by atoms with E-state index in [1.807, 2.05) is 0 Å². The van der Waals surface area contributed by atoms with Gasteiger partial charge in [0, 0.05) is 0 Å². The highest BCUT2D eigenvalue weighted by molar-refractivity contribution is 5.61. The van der Waals surface area contributed by atoms with E-state index in [9.17, 15) is 26.3 Å². The molecule has 0 saturated heterocycles. The Hall–Kier alpha value is -1.41. The van der Waals surface area contributed by atoms with Gasteiger partial charge in [-0.2, -0.15) is 26.3 Å². The van der Waals surface area contributed by atoms with E-state index >= 15 is 0 Å². The van der Waals surface area contributed by atoms with Crippen LogP contribution in [-0.4, -0.2) is 17.4 Å². The number of carboxylic acid groups (broad SMARTS) is 1. The lowest BCUT2D eigenvalue weighted by Crippen LogP contribution is -2.08. The number of nitrogens with two attached hydrogens (primary N) is 1. The number of primary amides is 1. The van der Waals surface area contributed by atoms with E-state index < -0.39 is 24.2 Å². The van der Waals surface area contributed by atoms with Crippen LogP contribution in [0.4, 0.5) is 31.1 Å². The summed E-state index contributed by atoms with van der Waals surface area (Å²) < 4.78 is 64.8. The van der Waals surface area contributed by atoms with Crippen molar-refractivity contribution in [2.75, 3.05) is 0 Å². The number of amides is 1. The second kappa shape index (κ2) is 5.27. The summed E-state index contributed by atoms with van der Waals surface area (Å²) in [4.78, 5) is 8.78. The molecular weight excluding hydrogens is 208 g/mol. The van der Waals surface area contributed by atoms with E-state index in [2.05, 4.69) is 5.73 Å². The van der Waals surface area contributed by atoms with Crippen LogP contribution >= 0.6 is 0 Å². The molecule has 3 N–H and O–H groups in total. The van der Waals surface area contributed by atoms with Gasteiger partial charge in [-0.25, -0.2) is 4.79 Å². The summed E-state index contributed by atoms with van der Waals surface area (Å²) in [7, 11) is 0. The fraction of sp³-hybridized carbons (Fsp3) is 0.250. The fourth-order valence-corrected chi connectivity index (χ4v) is 0.107. The van der Waals surface area contributed by atoms with E-state index in [1.54, 1.807) is 0 Å². The molecule has 1 amide bonds. The molecule has 0 heterocycles. The molecule has 0 aromatic carbocycles. The second-order valence-corrected chi connectivity index (χ2v) is 1.41. The van der Waals surface area contributed by atoms with Gasteiger partial charge in [0.25, 0.3) is 5.83 Å². The van der Waals surface area contributed by atoms with Crippen molar-refractivity contribution in [2.24, 2.45) is 5.73 Å². The number of hydrogen-bond acceptors (Lipinski definition) is 1. The Kier molecular flexibility index (Phi) is 5.73. The van der Waals surface area contributed by atoms with Gasteiger partial charge in [0.1, 0.15) is 0 Å². The Balaban J connectivity index is 0. The molecule has 0 aliphatic heterocycles. The summed E-state index contributed by atoms with van der Waals surface area (Å²) in [6, 6.07) is 0. The molecule has 78 valence electrons. The van der Waals surface area contributed by atoms with Gasteiger partial charge < -0.3 is 10.8 Å². The van der Waals surface area contributed by atoms with Crippen LogP contribution in [0.5, 0.6) is 0 Å². The number of allylic oxidation sites excluding steroid dienone is 1. The van der Waals surface area contributed by atoms with Crippen molar-refractivity contribution >= 4 is 6.09 Å². The first-order valence-corrected chi connectivity index (χ1v) is 2.35. The average molecular weight is 211 g/mol. The maximum absolute atomic E-state index is 11.0. The maximum atomic E-state index is 11.0. The third-order valence-electron chi connectivity index (χ3n) is 0.415. The van der Waals surface area contributed by atoms with Crippen molar-refractivity contribution in [1.82, 2.24) is 0 Å². The van der Waals surface area contributed by atoms with Crippen molar-refractivity contribution in [3.8, 4) is 0 Å². The van der Waals surface area contributed by atoms with Crippen LogP contribution < -0.4 is 5.73 Å². The fourth-order valence-electron chi connectivity index (χ4n) is 0.107. The van der Waals surface area contributed by atoms with Crippen molar-refractivity contribution < 1.29 is 36.2 Å². The second-order valence-electron chi connectivity index (χ2n) is 1.41. The number of alkyl halides is 3. The Bertz CT molecular complexity index is 201. The molecule has 0 spiro atoms. The van der Waals surface area contributed by atoms with Crippen LogP contribution in [0.1, 0.15) is 0 Å². The van der Waals surface area contributed by atoms with Crippen LogP contribution in [-0.2, 0) is 0 Å². The first kappa shape index (κ1) is 14.1. The van der Waals surface area contributed by atoms with Crippen LogP contribution in [0, 0.1) is 0 Å². The Labute approximate surface area is 67.4 Å². The SMILES string of the molecule is FC(F)=C(F)C(F)(F)F.NC(=O)O. The van der Waals surface area contributed by atoms with Crippen LogP contribution in [0.15, 0.2) is 11.9 Å². The third-order valence-corrected chi connectivity index (χ3v) is 0.415. The van der Waals surface area contributed by atoms with Crippen LogP contribution in [0.25, 0.3) is 0 Å². The Morgan fingerprint density at radius 2 is 1.38 bits per heavy atom. The van der Waals surface area contributed by atoms with E-state index in [0.29, 0.717) is 0 Å². The molecule has 0 fully saturated rings. The zero-order valence-corrected chi connectivity index (χ0v) is 5.70. The maximum Gasteiger partial charge on any atom is 0.448 e. The molecule has 0 unspecified atom stereocenters. The summed E-state index contributed by atoms with van der Waals surface area (Å²) in [5.74, 6) is -3.33. The predicted octanol–water partition coefficient (Wildman–Crippen LogP) is 2.25. The van der Waals surface area contributed by atoms with Crippen molar-refractivity contribution in [3.63, 3.8) is 0 Å². The van der Waals surface area contributed by atoms with Gasteiger partial charge in [0.15, 0.2) is 0 Å². The lowest BCUT2D eigenvalue weighted by molar-refractivity contribution is -0.113. The topological polar surface area (TPSA) is 63.3 Å². The van der Waals surface area contributed by atoms with Crippen molar-refractivity contribution in [2.45, 2.75) is 6.18 Å². The summed E-state index contributed by atoms with van der Waals surface area (Å²) >= 11 is 0. The molecule has 0 radical (unpaired) electrons. The average Bonchev–Trinajstić information content (AvgIpc) is 1.82. The molecule has 0 aromatic rings. The molecule has 0 rings (SSSR count). The van der Waals surface area contributed by atoms with Gasteiger partial charge in [0.2, 0.25) is 0 Å². The minimum absolute atomic E-state index is 1.33.